The van der Waals surface area contributed by atoms with Crippen LogP contribution in [0, 0.1) is 5.92 Å². The normalized spacial score (nSPS) is 17.2. The Hall–Kier alpha value is -1.03. The SMILES string of the molecule is CCS(=O)(=O)C1(c2ccc(OCCC(C)C)cc2)CC1. The molecule has 4 heteroatoms. The van der Waals surface area contributed by atoms with Crippen molar-refractivity contribution in [1.29, 1.82) is 0 Å². The van der Waals surface area contributed by atoms with Gasteiger partial charge in [-0.3, -0.25) is 0 Å². The summed E-state index contributed by atoms with van der Waals surface area (Å²) in [5, 5.41) is 0. The van der Waals surface area contributed by atoms with E-state index < -0.39 is 14.6 Å². The molecule has 0 heterocycles. The average Bonchev–Trinajstić information content (AvgIpc) is 3.21. The molecule has 1 fully saturated rings. The molecule has 0 aromatic heterocycles. The molecule has 0 saturated heterocycles. The predicted molar refractivity (Wildman–Crippen MR) is 81.8 cm³/mol. The Morgan fingerprint density at radius 2 is 1.80 bits per heavy atom. The first kappa shape index (κ1) is 15.4. The molecular formula is C16H24O3S. The first-order valence-corrected chi connectivity index (χ1v) is 9.02. The summed E-state index contributed by atoms with van der Waals surface area (Å²) in [5.41, 5.74) is 0.913. The molecule has 0 atom stereocenters. The Balaban J connectivity index is 2.06. The van der Waals surface area contributed by atoms with Crippen molar-refractivity contribution in [3.8, 4) is 5.75 Å². The van der Waals surface area contributed by atoms with Crippen LogP contribution in [0.3, 0.4) is 0 Å². The van der Waals surface area contributed by atoms with Crippen molar-refractivity contribution in [2.24, 2.45) is 5.92 Å². The van der Waals surface area contributed by atoms with E-state index in [1.54, 1.807) is 6.92 Å². The van der Waals surface area contributed by atoms with Crippen molar-refractivity contribution in [2.45, 2.75) is 44.8 Å². The fourth-order valence-electron chi connectivity index (χ4n) is 2.44. The summed E-state index contributed by atoms with van der Waals surface area (Å²) in [6, 6.07) is 7.59. The predicted octanol–water partition coefficient (Wildman–Crippen LogP) is 3.54. The molecule has 0 aliphatic heterocycles. The van der Waals surface area contributed by atoms with Gasteiger partial charge in [-0.1, -0.05) is 32.9 Å². The van der Waals surface area contributed by atoms with Crippen molar-refractivity contribution in [3.63, 3.8) is 0 Å². The number of hydrogen-bond donors (Lipinski definition) is 0. The van der Waals surface area contributed by atoms with Crippen LogP contribution in [0.25, 0.3) is 0 Å². The molecule has 2 rings (SSSR count). The third-order valence-electron chi connectivity index (χ3n) is 4.02. The van der Waals surface area contributed by atoms with E-state index in [4.69, 9.17) is 4.74 Å². The highest BCUT2D eigenvalue weighted by atomic mass is 32.2. The summed E-state index contributed by atoms with van der Waals surface area (Å²) < 4.78 is 29.4. The van der Waals surface area contributed by atoms with Crippen LogP contribution in [0.2, 0.25) is 0 Å². The molecule has 1 aliphatic carbocycles. The van der Waals surface area contributed by atoms with Gasteiger partial charge < -0.3 is 4.74 Å². The molecule has 0 N–H and O–H groups in total. The van der Waals surface area contributed by atoms with E-state index in [0.717, 1.165) is 30.6 Å². The second-order valence-electron chi connectivity index (χ2n) is 5.95. The van der Waals surface area contributed by atoms with Gasteiger partial charge in [0.25, 0.3) is 0 Å². The van der Waals surface area contributed by atoms with Gasteiger partial charge in [-0.05, 0) is 42.9 Å². The van der Waals surface area contributed by atoms with Crippen LogP contribution in [-0.2, 0) is 14.6 Å². The zero-order valence-corrected chi connectivity index (χ0v) is 13.4. The van der Waals surface area contributed by atoms with Gasteiger partial charge in [0.05, 0.1) is 11.4 Å². The van der Waals surface area contributed by atoms with Crippen LogP contribution in [0.5, 0.6) is 5.75 Å². The van der Waals surface area contributed by atoms with E-state index in [1.807, 2.05) is 24.3 Å². The highest BCUT2D eigenvalue weighted by Crippen LogP contribution is 2.53. The smallest absolute Gasteiger partial charge is 0.159 e. The van der Waals surface area contributed by atoms with Gasteiger partial charge in [0.15, 0.2) is 9.84 Å². The molecule has 0 bridgehead atoms. The third-order valence-corrected chi connectivity index (χ3v) is 6.62. The fraction of sp³-hybridized carbons (Fsp3) is 0.625. The molecule has 112 valence electrons. The van der Waals surface area contributed by atoms with Crippen molar-refractivity contribution in [1.82, 2.24) is 0 Å². The lowest BCUT2D eigenvalue weighted by molar-refractivity contribution is 0.289. The van der Waals surface area contributed by atoms with E-state index in [2.05, 4.69) is 13.8 Å². The number of hydrogen-bond acceptors (Lipinski definition) is 3. The van der Waals surface area contributed by atoms with Gasteiger partial charge >= 0.3 is 0 Å². The Morgan fingerprint density at radius 1 is 1.20 bits per heavy atom. The first-order valence-electron chi connectivity index (χ1n) is 7.37. The summed E-state index contributed by atoms with van der Waals surface area (Å²) in [7, 11) is -3.02. The zero-order valence-electron chi connectivity index (χ0n) is 12.6. The van der Waals surface area contributed by atoms with E-state index in [9.17, 15) is 8.42 Å². The molecule has 0 spiro atoms. The van der Waals surface area contributed by atoms with Gasteiger partial charge in [-0.2, -0.15) is 0 Å². The van der Waals surface area contributed by atoms with Crippen LogP contribution in [0.1, 0.15) is 45.6 Å². The maximum Gasteiger partial charge on any atom is 0.159 e. The lowest BCUT2D eigenvalue weighted by Gasteiger charge is -2.16. The van der Waals surface area contributed by atoms with Crippen LogP contribution < -0.4 is 4.74 Å². The van der Waals surface area contributed by atoms with Crippen LogP contribution in [-0.4, -0.2) is 20.8 Å². The molecule has 1 aromatic rings. The van der Waals surface area contributed by atoms with Crippen LogP contribution in [0.4, 0.5) is 0 Å². The highest BCUT2D eigenvalue weighted by Gasteiger charge is 2.54. The third kappa shape index (κ3) is 3.00. The standard InChI is InChI=1S/C16H24O3S/c1-4-20(17,18)16(10-11-16)14-5-7-15(8-6-14)19-12-9-13(2)3/h5-8,13H,4,9-12H2,1-3H3. The van der Waals surface area contributed by atoms with Crippen molar-refractivity contribution < 1.29 is 13.2 Å². The van der Waals surface area contributed by atoms with Gasteiger partial charge in [0.2, 0.25) is 0 Å². The minimum absolute atomic E-state index is 0.208. The summed E-state index contributed by atoms with van der Waals surface area (Å²) in [6.07, 6.45) is 2.52. The molecular weight excluding hydrogens is 272 g/mol. The van der Waals surface area contributed by atoms with Gasteiger partial charge in [-0.25, -0.2) is 8.42 Å². The molecule has 0 amide bonds. The number of rotatable bonds is 7. The molecule has 0 radical (unpaired) electrons. The summed E-state index contributed by atoms with van der Waals surface area (Å²) >= 11 is 0. The summed E-state index contributed by atoms with van der Waals surface area (Å²) in [6.45, 7) is 6.76. The Morgan fingerprint density at radius 3 is 2.25 bits per heavy atom. The van der Waals surface area contributed by atoms with E-state index in [1.165, 1.54) is 0 Å². The minimum atomic E-state index is -3.02. The summed E-state index contributed by atoms with van der Waals surface area (Å²) in [5.74, 6) is 1.65. The minimum Gasteiger partial charge on any atom is -0.494 e. The van der Waals surface area contributed by atoms with Gasteiger partial charge in [0.1, 0.15) is 5.75 Å². The quantitative estimate of drug-likeness (QED) is 0.773. The Labute approximate surface area is 122 Å². The molecule has 20 heavy (non-hydrogen) atoms. The lowest BCUT2D eigenvalue weighted by atomic mass is 10.1. The second-order valence-corrected chi connectivity index (χ2v) is 8.54. The molecule has 1 saturated carbocycles. The van der Waals surface area contributed by atoms with E-state index in [-0.39, 0.29) is 5.75 Å². The largest absolute Gasteiger partial charge is 0.494 e. The maximum atomic E-state index is 12.2. The fourth-order valence-corrected chi connectivity index (χ4v) is 4.21. The van der Waals surface area contributed by atoms with Crippen molar-refractivity contribution in [2.75, 3.05) is 12.4 Å². The second kappa shape index (κ2) is 5.76. The number of benzene rings is 1. The first-order chi connectivity index (χ1) is 9.41. The van der Waals surface area contributed by atoms with Crippen LogP contribution >= 0.6 is 0 Å². The van der Waals surface area contributed by atoms with E-state index in [0.29, 0.717) is 12.5 Å². The van der Waals surface area contributed by atoms with E-state index >= 15 is 0 Å². The van der Waals surface area contributed by atoms with Gasteiger partial charge in [-0.15, -0.1) is 0 Å². The molecule has 1 aromatic carbocycles. The molecule has 0 unspecified atom stereocenters. The van der Waals surface area contributed by atoms with Crippen molar-refractivity contribution in [3.05, 3.63) is 29.8 Å². The highest BCUT2D eigenvalue weighted by molar-refractivity contribution is 7.92. The number of ether oxygens (including phenoxy) is 1. The van der Waals surface area contributed by atoms with Crippen LogP contribution in [0.15, 0.2) is 24.3 Å². The lowest BCUT2D eigenvalue weighted by Crippen LogP contribution is -2.22. The van der Waals surface area contributed by atoms with Gasteiger partial charge in [0, 0.05) is 5.75 Å². The topological polar surface area (TPSA) is 43.4 Å². The monoisotopic (exact) mass is 296 g/mol. The maximum absolute atomic E-state index is 12.2. The zero-order chi connectivity index (χ0) is 14.8. The average molecular weight is 296 g/mol. The Bertz CT molecular complexity index is 540. The van der Waals surface area contributed by atoms with Crippen molar-refractivity contribution >= 4 is 9.84 Å². The Kier molecular flexibility index (Phi) is 4.43. The summed E-state index contributed by atoms with van der Waals surface area (Å²) in [4.78, 5) is 0. The number of sulfone groups is 1. The molecule has 3 nitrogen and oxygen atoms in total. The molecule has 1 aliphatic rings.